The number of aliphatic hydroxyl groups excluding tert-OH is 3. The topological polar surface area (TPSA) is 142 Å². The fourth-order valence-corrected chi connectivity index (χ4v) is 2.78. The van der Waals surface area contributed by atoms with Gasteiger partial charge in [0, 0.05) is 12.3 Å². The second-order valence-electron chi connectivity index (χ2n) is 5.58. The van der Waals surface area contributed by atoms with Gasteiger partial charge in [0.2, 0.25) is 5.91 Å². The Bertz CT molecular complexity index is 489. The molecule has 0 bridgehead atoms. The van der Waals surface area contributed by atoms with E-state index in [0.29, 0.717) is 0 Å². The van der Waals surface area contributed by atoms with E-state index < -0.39 is 48.2 Å². The van der Waals surface area contributed by atoms with Gasteiger partial charge in [-0.05, 0) is 13.8 Å². The Balaban J connectivity index is 2.37. The Morgan fingerprint density at radius 1 is 1.48 bits per heavy atom. The number of nitrogens with two attached hydrogens (primary N) is 1. The van der Waals surface area contributed by atoms with Gasteiger partial charge in [-0.2, -0.15) is 0 Å². The molecule has 8 nitrogen and oxygen atoms in total. The number of fused-ring (bicyclic) bond motifs is 1. The standard InChI is InChI=1S/C13H20N2O6/c1-4(14)12(19)15-10-5(2)21-13(20)8-6(16)3-7(17)11(18)9(8)10/h4-5,7,9-11,16-18H,3,14H2,1-2H3,(H,15,19)/t4-,5+,7+,9+,10-,11-/m1/s1. The van der Waals surface area contributed by atoms with E-state index in [4.69, 9.17) is 10.5 Å². The summed E-state index contributed by atoms with van der Waals surface area (Å²) < 4.78 is 5.10. The second-order valence-corrected chi connectivity index (χ2v) is 5.58. The van der Waals surface area contributed by atoms with E-state index in [9.17, 15) is 24.9 Å². The first-order chi connectivity index (χ1) is 9.73. The van der Waals surface area contributed by atoms with Gasteiger partial charge in [0.15, 0.2) is 0 Å². The van der Waals surface area contributed by atoms with Crippen LogP contribution in [0.5, 0.6) is 0 Å². The average Bonchev–Trinajstić information content (AvgIpc) is 2.38. The van der Waals surface area contributed by atoms with Crippen molar-refractivity contribution >= 4 is 11.9 Å². The number of nitrogens with one attached hydrogen (secondary N) is 1. The van der Waals surface area contributed by atoms with Crippen LogP contribution in [-0.4, -0.2) is 57.6 Å². The molecule has 0 radical (unpaired) electrons. The third kappa shape index (κ3) is 2.74. The highest BCUT2D eigenvalue weighted by Crippen LogP contribution is 2.37. The van der Waals surface area contributed by atoms with Gasteiger partial charge in [-0.3, -0.25) is 4.79 Å². The molecule has 0 aromatic heterocycles. The fraction of sp³-hybridized carbons (Fsp3) is 0.692. The van der Waals surface area contributed by atoms with Gasteiger partial charge < -0.3 is 31.1 Å². The lowest BCUT2D eigenvalue weighted by Gasteiger charge is -2.43. The fourth-order valence-electron chi connectivity index (χ4n) is 2.78. The molecule has 1 amide bonds. The number of hydrogen-bond acceptors (Lipinski definition) is 7. The molecule has 8 heteroatoms. The number of rotatable bonds is 2. The van der Waals surface area contributed by atoms with E-state index >= 15 is 0 Å². The molecule has 21 heavy (non-hydrogen) atoms. The van der Waals surface area contributed by atoms with Crippen molar-refractivity contribution in [1.29, 1.82) is 0 Å². The third-order valence-corrected chi connectivity index (χ3v) is 3.94. The molecule has 2 aliphatic rings. The first-order valence-electron chi connectivity index (χ1n) is 6.79. The molecule has 0 saturated carbocycles. The van der Waals surface area contributed by atoms with Crippen LogP contribution in [0.1, 0.15) is 20.3 Å². The van der Waals surface area contributed by atoms with Crippen molar-refractivity contribution in [1.82, 2.24) is 5.32 Å². The van der Waals surface area contributed by atoms with Crippen molar-refractivity contribution in [3.63, 3.8) is 0 Å². The first kappa shape index (κ1) is 15.7. The van der Waals surface area contributed by atoms with E-state index in [1.807, 2.05) is 0 Å². The summed E-state index contributed by atoms with van der Waals surface area (Å²) in [4.78, 5) is 23.7. The van der Waals surface area contributed by atoms with Gasteiger partial charge in [-0.15, -0.1) is 0 Å². The van der Waals surface area contributed by atoms with Gasteiger partial charge in [-0.25, -0.2) is 4.79 Å². The smallest absolute Gasteiger partial charge is 0.338 e. The quantitative estimate of drug-likeness (QED) is 0.383. The van der Waals surface area contributed by atoms with Crippen LogP contribution in [-0.2, 0) is 14.3 Å². The molecule has 1 heterocycles. The van der Waals surface area contributed by atoms with Gasteiger partial charge in [0.1, 0.15) is 11.9 Å². The van der Waals surface area contributed by atoms with Gasteiger partial charge in [0.05, 0.1) is 29.9 Å². The predicted octanol–water partition coefficient (Wildman–Crippen LogP) is -1.68. The minimum Gasteiger partial charge on any atom is -0.512 e. The molecule has 118 valence electrons. The summed E-state index contributed by atoms with van der Waals surface area (Å²) in [5.74, 6) is -2.49. The Labute approximate surface area is 121 Å². The monoisotopic (exact) mass is 300 g/mol. The number of aliphatic hydroxyl groups is 3. The van der Waals surface area contributed by atoms with Crippen LogP contribution in [0.4, 0.5) is 0 Å². The summed E-state index contributed by atoms with van der Waals surface area (Å²) in [7, 11) is 0. The Kier molecular flexibility index (Phi) is 4.22. The number of carbonyl (C=O) groups excluding carboxylic acids is 2. The molecule has 0 spiro atoms. The molecule has 0 aromatic carbocycles. The van der Waals surface area contributed by atoms with Crippen LogP contribution in [0.15, 0.2) is 11.3 Å². The molecule has 0 aromatic rings. The van der Waals surface area contributed by atoms with Crippen LogP contribution in [0.2, 0.25) is 0 Å². The van der Waals surface area contributed by atoms with Gasteiger partial charge in [0.25, 0.3) is 0 Å². The average molecular weight is 300 g/mol. The van der Waals surface area contributed by atoms with Crippen LogP contribution in [0.3, 0.4) is 0 Å². The lowest BCUT2D eigenvalue weighted by atomic mass is 9.74. The summed E-state index contributed by atoms with van der Waals surface area (Å²) in [6, 6.07) is -1.55. The summed E-state index contributed by atoms with van der Waals surface area (Å²) in [5, 5.41) is 32.4. The summed E-state index contributed by atoms with van der Waals surface area (Å²) in [6.45, 7) is 3.06. The minimum atomic E-state index is -1.29. The van der Waals surface area contributed by atoms with Gasteiger partial charge >= 0.3 is 5.97 Å². The Hall–Kier alpha value is -1.64. The normalized spacial score (nSPS) is 37.6. The number of amides is 1. The van der Waals surface area contributed by atoms with Crippen LogP contribution < -0.4 is 11.1 Å². The number of esters is 1. The highest BCUT2D eigenvalue weighted by molar-refractivity contribution is 5.92. The van der Waals surface area contributed by atoms with E-state index in [2.05, 4.69) is 5.32 Å². The number of cyclic esters (lactones) is 1. The molecule has 1 saturated heterocycles. The van der Waals surface area contributed by atoms with Crippen molar-refractivity contribution in [2.24, 2.45) is 11.7 Å². The Morgan fingerprint density at radius 2 is 2.10 bits per heavy atom. The summed E-state index contributed by atoms with van der Waals surface area (Å²) in [6.07, 6.45) is -3.46. The second kappa shape index (κ2) is 5.63. The van der Waals surface area contributed by atoms with Crippen molar-refractivity contribution in [3.05, 3.63) is 11.3 Å². The van der Waals surface area contributed by atoms with Crippen molar-refractivity contribution in [3.8, 4) is 0 Å². The summed E-state index contributed by atoms with van der Waals surface area (Å²) in [5.41, 5.74) is 5.39. The maximum atomic E-state index is 11.9. The highest BCUT2D eigenvalue weighted by Gasteiger charge is 2.50. The number of hydrogen-bond donors (Lipinski definition) is 5. The molecule has 6 N–H and O–H groups in total. The molecule has 1 aliphatic heterocycles. The molecule has 0 unspecified atom stereocenters. The zero-order valence-electron chi connectivity index (χ0n) is 11.8. The molecular formula is C13H20N2O6. The van der Waals surface area contributed by atoms with E-state index in [1.165, 1.54) is 6.92 Å². The molecule has 1 aliphatic carbocycles. The van der Waals surface area contributed by atoms with E-state index in [1.54, 1.807) is 6.92 Å². The number of ether oxygens (including phenoxy) is 1. The summed E-state index contributed by atoms with van der Waals surface area (Å²) >= 11 is 0. The van der Waals surface area contributed by atoms with Crippen LogP contribution in [0.25, 0.3) is 0 Å². The molecule has 6 atom stereocenters. The third-order valence-electron chi connectivity index (χ3n) is 3.94. The maximum Gasteiger partial charge on any atom is 0.338 e. The molecule has 1 fully saturated rings. The largest absolute Gasteiger partial charge is 0.512 e. The first-order valence-corrected chi connectivity index (χ1v) is 6.79. The highest BCUT2D eigenvalue weighted by atomic mass is 16.5. The zero-order chi connectivity index (χ0) is 15.9. The van der Waals surface area contributed by atoms with E-state index in [-0.39, 0.29) is 17.8 Å². The Morgan fingerprint density at radius 3 is 2.67 bits per heavy atom. The van der Waals surface area contributed by atoms with E-state index in [0.717, 1.165) is 0 Å². The van der Waals surface area contributed by atoms with Gasteiger partial charge in [-0.1, -0.05) is 0 Å². The molecular weight excluding hydrogens is 280 g/mol. The minimum absolute atomic E-state index is 0.0964. The zero-order valence-corrected chi connectivity index (χ0v) is 11.8. The van der Waals surface area contributed by atoms with Crippen molar-refractivity contribution in [2.75, 3.05) is 0 Å². The number of carbonyl (C=O) groups is 2. The predicted molar refractivity (Wildman–Crippen MR) is 70.9 cm³/mol. The van der Waals surface area contributed by atoms with Crippen molar-refractivity contribution < 1.29 is 29.6 Å². The lowest BCUT2D eigenvalue weighted by Crippen LogP contribution is -2.61. The maximum absolute atomic E-state index is 11.9. The van der Waals surface area contributed by atoms with Crippen molar-refractivity contribution in [2.45, 2.75) is 50.7 Å². The SMILES string of the molecule is C[C@@H]1OC(=O)C2=C(O)C[C@H](O)[C@@H](O)[C@@H]2[C@@H]1NC(=O)[C@@H](C)N. The van der Waals surface area contributed by atoms with Crippen LogP contribution in [0, 0.1) is 5.92 Å². The van der Waals surface area contributed by atoms with Crippen LogP contribution >= 0.6 is 0 Å². The lowest BCUT2D eigenvalue weighted by molar-refractivity contribution is -0.159. The molecule has 2 rings (SSSR count).